The Kier molecular flexibility index (Phi) is 6.93. The van der Waals surface area contributed by atoms with Crippen molar-refractivity contribution in [1.29, 1.82) is 0 Å². The summed E-state index contributed by atoms with van der Waals surface area (Å²) < 4.78 is 5.68. The van der Waals surface area contributed by atoms with E-state index in [1.165, 1.54) is 5.56 Å². The van der Waals surface area contributed by atoms with Gasteiger partial charge < -0.3 is 19.9 Å². The molecule has 5 nitrogen and oxygen atoms in total. The van der Waals surface area contributed by atoms with E-state index in [0.29, 0.717) is 5.92 Å². The molecule has 0 spiro atoms. The van der Waals surface area contributed by atoms with Crippen LogP contribution in [0.5, 0.6) is 5.75 Å². The molecule has 0 aliphatic carbocycles. The van der Waals surface area contributed by atoms with Crippen molar-refractivity contribution >= 4 is 17.3 Å². The lowest BCUT2D eigenvalue weighted by Gasteiger charge is -2.35. The summed E-state index contributed by atoms with van der Waals surface area (Å²) in [4.78, 5) is 17.1. The summed E-state index contributed by atoms with van der Waals surface area (Å²) in [5, 5.41) is 3.01. The molecule has 1 fully saturated rings. The number of likely N-dealkylation sites (N-methyl/N-ethyl adjacent to an activating group) is 1. The van der Waals surface area contributed by atoms with Crippen LogP contribution in [0.4, 0.5) is 11.4 Å². The average Bonchev–Trinajstić information content (AvgIpc) is 2.73. The first-order chi connectivity index (χ1) is 13.6. The van der Waals surface area contributed by atoms with Crippen molar-refractivity contribution in [3.63, 3.8) is 0 Å². The highest BCUT2D eigenvalue weighted by Crippen LogP contribution is 2.26. The molecular weight excluding hydrogens is 350 g/mol. The van der Waals surface area contributed by atoms with Gasteiger partial charge in [-0.2, -0.15) is 0 Å². The molecule has 0 aromatic heterocycles. The van der Waals surface area contributed by atoms with Crippen LogP contribution < -0.4 is 15.0 Å². The van der Waals surface area contributed by atoms with Crippen molar-refractivity contribution in [2.24, 2.45) is 0 Å². The SMILES string of the molecule is CC[C@@H](C)c1ccc(OCC(=O)Nc2ccccc2N2CCN(C)CC2)cc1. The van der Waals surface area contributed by atoms with Crippen LogP contribution in [0.3, 0.4) is 0 Å². The Balaban J connectivity index is 1.56. The Morgan fingerprint density at radius 3 is 2.43 bits per heavy atom. The molecule has 28 heavy (non-hydrogen) atoms. The van der Waals surface area contributed by atoms with Gasteiger partial charge in [0.15, 0.2) is 6.61 Å². The Morgan fingerprint density at radius 1 is 1.07 bits per heavy atom. The molecule has 3 rings (SSSR count). The summed E-state index contributed by atoms with van der Waals surface area (Å²) >= 11 is 0. The van der Waals surface area contributed by atoms with Crippen LogP contribution in [0.2, 0.25) is 0 Å². The van der Waals surface area contributed by atoms with E-state index >= 15 is 0 Å². The predicted octanol–water partition coefficient (Wildman–Crippen LogP) is 3.97. The van der Waals surface area contributed by atoms with E-state index in [1.807, 2.05) is 30.3 Å². The molecule has 0 bridgehead atoms. The summed E-state index contributed by atoms with van der Waals surface area (Å²) in [6.07, 6.45) is 1.11. The van der Waals surface area contributed by atoms with Gasteiger partial charge >= 0.3 is 0 Å². The maximum absolute atomic E-state index is 12.4. The molecule has 0 radical (unpaired) electrons. The van der Waals surface area contributed by atoms with E-state index in [-0.39, 0.29) is 12.5 Å². The zero-order chi connectivity index (χ0) is 19.9. The van der Waals surface area contributed by atoms with Gasteiger partial charge in [0.1, 0.15) is 5.75 Å². The van der Waals surface area contributed by atoms with Crippen LogP contribution in [0, 0.1) is 0 Å². The number of carbonyl (C=O) groups is 1. The molecule has 150 valence electrons. The molecule has 5 heteroatoms. The molecule has 1 N–H and O–H groups in total. The van der Waals surface area contributed by atoms with Gasteiger partial charge in [-0.3, -0.25) is 4.79 Å². The van der Waals surface area contributed by atoms with Crippen molar-refractivity contribution in [3.8, 4) is 5.75 Å². The van der Waals surface area contributed by atoms with Crippen LogP contribution in [0.1, 0.15) is 31.7 Å². The second-order valence-electron chi connectivity index (χ2n) is 7.52. The number of carbonyl (C=O) groups excluding carboxylic acids is 1. The fourth-order valence-corrected chi connectivity index (χ4v) is 3.37. The Hall–Kier alpha value is -2.53. The van der Waals surface area contributed by atoms with Crippen LogP contribution in [0.15, 0.2) is 48.5 Å². The van der Waals surface area contributed by atoms with Gasteiger partial charge in [-0.15, -0.1) is 0 Å². The normalized spacial score (nSPS) is 15.9. The van der Waals surface area contributed by atoms with E-state index in [4.69, 9.17) is 4.74 Å². The first-order valence-electron chi connectivity index (χ1n) is 10.1. The quantitative estimate of drug-likeness (QED) is 0.788. The number of para-hydroxylation sites is 2. The van der Waals surface area contributed by atoms with Crippen molar-refractivity contribution in [2.75, 3.05) is 50.1 Å². The maximum Gasteiger partial charge on any atom is 0.262 e. The van der Waals surface area contributed by atoms with Crippen molar-refractivity contribution in [1.82, 2.24) is 4.90 Å². The molecule has 1 aliphatic rings. The summed E-state index contributed by atoms with van der Waals surface area (Å²) in [5.41, 5.74) is 3.20. The van der Waals surface area contributed by atoms with Crippen LogP contribution >= 0.6 is 0 Å². The molecule has 1 aliphatic heterocycles. The summed E-state index contributed by atoms with van der Waals surface area (Å²) in [6, 6.07) is 16.0. The number of anilines is 2. The zero-order valence-electron chi connectivity index (χ0n) is 17.1. The molecule has 0 saturated carbocycles. The van der Waals surface area contributed by atoms with Crippen molar-refractivity contribution in [3.05, 3.63) is 54.1 Å². The van der Waals surface area contributed by atoms with Crippen molar-refractivity contribution in [2.45, 2.75) is 26.2 Å². The second kappa shape index (κ2) is 9.60. The molecule has 1 heterocycles. The van der Waals surface area contributed by atoms with E-state index in [2.05, 4.69) is 54.2 Å². The fraction of sp³-hybridized carbons (Fsp3) is 0.435. The largest absolute Gasteiger partial charge is 0.484 e. The predicted molar refractivity (Wildman–Crippen MR) is 115 cm³/mol. The highest BCUT2D eigenvalue weighted by molar-refractivity contribution is 5.95. The standard InChI is InChI=1S/C23H31N3O2/c1-4-18(2)19-9-11-20(12-10-19)28-17-23(27)24-21-7-5-6-8-22(21)26-15-13-25(3)14-16-26/h5-12,18H,4,13-17H2,1-3H3,(H,24,27)/t18-/m1/s1. The minimum absolute atomic E-state index is 0.000248. The number of nitrogens with zero attached hydrogens (tertiary/aromatic N) is 2. The topological polar surface area (TPSA) is 44.8 Å². The summed E-state index contributed by atoms with van der Waals surface area (Å²) in [5.74, 6) is 1.10. The van der Waals surface area contributed by atoms with Gasteiger partial charge in [0.2, 0.25) is 0 Å². The third-order valence-corrected chi connectivity index (χ3v) is 5.45. The number of nitrogens with one attached hydrogen (secondary N) is 1. The number of benzene rings is 2. The number of hydrogen-bond acceptors (Lipinski definition) is 4. The number of ether oxygens (including phenoxy) is 1. The van der Waals surface area contributed by atoms with E-state index in [0.717, 1.165) is 49.7 Å². The van der Waals surface area contributed by atoms with Crippen LogP contribution in [0.25, 0.3) is 0 Å². The highest BCUT2D eigenvalue weighted by atomic mass is 16.5. The monoisotopic (exact) mass is 381 g/mol. The Labute approximate surface area is 168 Å². The first-order valence-corrected chi connectivity index (χ1v) is 10.1. The van der Waals surface area contributed by atoms with Gasteiger partial charge in [0, 0.05) is 26.2 Å². The summed E-state index contributed by atoms with van der Waals surface area (Å²) in [7, 11) is 2.14. The maximum atomic E-state index is 12.4. The van der Waals surface area contributed by atoms with Gasteiger partial charge in [-0.05, 0) is 49.2 Å². The number of rotatable bonds is 7. The van der Waals surface area contributed by atoms with Gasteiger partial charge in [-0.25, -0.2) is 0 Å². The molecule has 1 atom stereocenters. The van der Waals surface area contributed by atoms with E-state index < -0.39 is 0 Å². The third-order valence-electron chi connectivity index (χ3n) is 5.45. The molecule has 0 unspecified atom stereocenters. The lowest BCUT2D eigenvalue weighted by molar-refractivity contribution is -0.118. The molecule has 2 aromatic rings. The second-order valence-corrected chi connectivity index (χ2v) is 7.52. The van der Waals surface area contributed by atoms with E-state index in [1.54, 1.807) is 0 Å². The number of amides is 1. The lowest BCUT2D eigenvalue weighted by atomic mass is 9.99. The van der Waals surface area contributed by atoms with Gasteiger partial charge in [-0.1, -0.05) is 38.1 Å². The average molecular weight is 382 g/mol. The van der Waals surface area contributed by atoms with Gasteiger partial charge in [0.25, 0.3) is 5.91 Å². The Morgan fingerprint density at radius 2 is 1.75 bits per heavy atom. The highest BCUT2D eigenvalue weighted by Gasteiger charge is 2.17. The zero-order valence-corrected chi connectivity index (χ0v) is 17.1. The van der Waals surface area contributed by atoms with Crippen LogP contribution in [-0.2, 0) is 4.79 Å². The fourth-order valence-electron chi connectivity index (χ4n) is 3.37. The number of piperazine rings is 1. The summed E-state index contributed by atoms with van der Waals surface area (Å²) in [6.45, 7) is 8.36. The molecule has 1 saturated heterocycles. The number of hydrogen-bond donors (Lipinski definition) is 1. The molecular formula is C23H31N3O2. The lowest BCUT2D eigenvalue weighted by Crippen LogP contribution is -2.44. The Bertz CT molecular complexity index is 768. The van der Waals surface area contributed by atoms with Crippen molar-refractivity contribution < 1.29 is 9.53 Å². The minimum Gasteiger partial charge on any atom is -0.484 e. The molecule has 1 amide bonds. The van der Waals surface area contributed by atoms with E-state index in [9.17, 15) is 4.79 Å². The minimum atomic E-state index is -0.146. The first kappa shape index (κ1) is 20.2. The van der Waals surface area contributed by atoms with Crippen LogP contribution in [-0.4, -0.2) is 50.6 Å². The third kappa shape index (κ3) is 5.26. The molecule has 2 aromatic carbocycles. The smallest absolute Gasteiger partial charge is 0.262 e. The van der Waals surface area contributed by atoms with Gasteiger partial charge in [0.05, 0.1) is 11.4 Å².